The van der Waals surface area contributed by atoms with Crippen molar-refractivity contribution in [2.24, 2.45) is 0 Å². The van der Waals surface area contributed by atoms with Crippen LogP contribution >= 0.6 is 0 Å². The molecule has 1 aromatic rings. The van der Waals surface area contributed by atoms with Crippen LogP contribution in [-0.4, -0.2) is 41.7 Å². The van der Waals surface area contributed by atoms with Crippen molar-refractivity contribution >= 4 is 5.97 Å². The van der Waals surface area contributed by atoms with Crippen LogP contribution < -0.4 is 4.74 Å². The smallest absolute Gasteiger partial charge is 0.342 e. The third kappa shape index (κ3) is 11.4. The Labute approximate surface area is 228 Å². The molecule has 0 radical (unpaired) electrons. The van der Waals surface area contributed by atoms with Crippen LogP contribution in [0.3, 0.4) is 0 Å². The summed E-state index contributed by atoms with van der Waals surface area (Å²) in [5.74, 6) is 0.381. The van der Waals surface area contributed by atoms with E-state index in [0.717, 1.165) is 19.3 Å². The number of hydrogen-bond donors (Lipinski definition) is 0. The summed E-state index contributed by atoms with van der Waals surface area (Å²) in [7, 11) is 2.17. The zero-order valence-electron chi connectivity index (χ0n) is 25.1. The lowest BCUT2D eigenvalue weighted by Crippen LogP contribution is -2.60. The van der Waals surface area contributed by atoms with E-state index in [1.807, 2.05) is 24.3 Å². The van der Waals surface area contributed by atoms with Crippen molar-refractivity contribution in [1.82, 2.24) is 4.90 Å². The van der Waals surface area contributed by atoms with Crippen LogP contribution in [-0.2, 0) is 4.74 Å². The van der Waals surface area contributed by atoms with Crippen LogP contribution in [0.5, 0.6) is 5.75 Å². The first kappa shape index (κ1) is 31.7. The highest BCUT2D eigenvalue weighted by molar-refractivity contribution is 5.92. The monoisotopic (exact) mass is 515 g/mol. The fourth-order valence-corrected chi connectivity index (χ4v) is 5.82. The largest absolute Gasteiger partial charge is 0.493 e. The number of hydrogen-bond acceptors (Lipinski definition) is 4. The average Bonchev–Trinajstić information content (AvgIpc) is 2.84. The molecule has 1 heterocycles. The van der Waals surface area contributed by atoms with Crippen molar-refractivity contribution in [2.75, 3.05) is 13.7 Å². The molecular formula is C33H57NO3. The van der Waals surface area contributed by atoms with Crippen molar-refractivity contribution in [1.29, 1.82) is 0 Å². The summed E-state index contributed by atoms with van der Waals surface area (Å²) in [6, 6.07) is 7.54. The number of likely N-dealkylation sites (tertiary alicyclic amines) is 1. The van der Waals surface area contributed by atoms with Gasteiger partial charge in [0.1, 0.15) is 17.4 Å². The van der Waals surface area contributed by atoms with Crippen LogP contribution in [0.15, 0.2) is 24.3 Å². The first-order chi connectivity index (χ1) is 17.7. The van der Waals surface area contributed by atoms with E-state index in [-0.39, 0.29) is 23.2 Å². The van der Waals surface area contributed by atoms with Gasteiger partial charge in [-0.2, -0.15) is 0 Å². The molecular weight excluding hydrogens is 458 g/mol. The van der Waals surface area contributed by atoms with E-state index in [1.54, 1.807) is 0 Å². The SMILES string of the molecule is CCCCCCCCCCCCCCCCOc1ccccc1C(=O)OC1CC(C)(C)N(C)C(C)(C)C1. The topological polar surface area (TPSA) is 38.8 Å². The lowest BCUT2D eigenvalue weighted by molar-refractivity contribution is -0.0732. The summed E-state index contributed by atoms with van der Waals surface area (Å²) < 4.78 is 12.1. The highest BCUT2D eigenvalue weighted by Crippen LogP contribution is 2.38. The maximum atomic E-state index is 13.1. The molecule has 4 heteroatoms. The molecule has 0 N–H and O–H groups in total. The van der Waals surface area contributed by atoms with Gasteiger partial charge in [-0.25, -0.2) is 4.79 Å². The molecule has 0 amide bonds. The van der Waals surface area contributed by atoms with Gasteiger partial charge in [-0.1, -0.05) is 103 Å². The third-order valence-corrected chi connectivity index (χ3v) is 8.41. The van der Waals surface area contributed by atoms with Crippen LogP contribution in [0, 0.1) is 0 Å². The van der Waals surface area contributed by atoms with E-state index >= 15 is 0 Å². The summed E-state index contributed by atoms with van der Waals surface area (Å²) in [4.78, 5) is 15.5. The number of piperidine rings is 1. The van der Waals surface area contributed by atoms with Gasteiger partial charge < -0.3 is 9.47 Å². The molecule has 2 rings (SSSR count). The number of rotatable bonds is 18. The molecule has 1 aliphatic heterocycles. The molecule has 0 spiro atoms. The van der Waals surface area contributed by atoms with Gasteiger partial charge in [0, 0.05) is 23.9 Å². The van der Waals surface area contributed by atoms with Crippen molar-refractivity contribution < 1.29 is 14.3 Å². The Hall–Kier alpha value is -1.55. The molecule has 0 atom stereocenters. The molecule has 0 bridgehead atoms. The van der Waals surface area contributed by atoms with Gasteiger partial charge in [-0.05, 0) is 53.3 Å². The number of esters is 1. The minimum atomic E-state index is -0.266. The zero-order valence-corrected chi connectivity index (χ0v) is 25.1. The van der Waals surface area contributed by atoms with E-state index < -0.39 is 0 Å². The normalized spacial score (nSPS) is 17.6. The molecule has 37 heavy (non-hydrogen) atoms. The fraction of sp³-hybridized carbons (Fsp3) is 0.788. The van der Waals surface area contributed by atoms with Gasteiger partial charge >= 0.3 is 5.97 Å². The number of benzene rings is 1. The number of nitrogens with zero attached hydrogens (tertiary/aromatic N) is 1. The Morgan fingerprint density at radius 2 is 1.24 bits per heavy atom. The van der Waals surface area contributed by atoms with Crippen molar-refractivity contribution in [3.63, 3.8) is 0 Å². The molecule has 1 saturated heterocycles. The second-order valence-electron chi connectivity index (χ2n) is 12.6. The lowest BCUT2D eigenvalue weighted by atomic mass is 9.79. The highest BCUT2D eigenvalue weighted by atomic mass is 16.5. The van der Waals surface area contributed by atoms with Gasteiger partial charge in [0.25, 0.3) is 0 Å². The highest BCUT2D eigenvalue weighted by Gasteiger charge is 2.44. The Morgan fingerprint density at radius 3 is 1.76 bits per heavy atom. The maximum Gasteiger partial charge on any atom is 0.342 e. The second kappa shape index (κ2) is 16.4. The van der Waals surface area contributed by atoms with Gasteiger partial charge in [0.2, 0.25) is 0 Å². The number of carbonyl (C=O) groups excluding carboxylic acids is 1. The summed E-state index contributed by atoms with van der Waals surface area (Å²) in [6.45, 7) is 11.8. The summed E-state index contributed by atoms with van der Waals surface area (Å²) in [6.07, 6.45) is 20.4. The molecule has 0 aromatic heterocycles. The molecule has 0 unspecified atom stereocenters. The van der Waals surface area contributed by atoms with E-state index in [2.05, 4.69) is 46.6 Å². The van der Waals surface area contributed by atoms with E-state index in [9.17, 15) is 4.79 Å². The number of carbonyl (C=O) groups is 1. The first-order valence-electron chi connectivity index (χ1n) is 15.3. The maximum absolute atomic E-state index is 13.1. The Bertz CT molecular complexity index is 755. The first-order valence-corrected chi connectivity index (χ1v) is 15.3. The van der Waals surface area contributed by atoms with E-state index in [1.165, 1.54) is 83.5 Å². The predicted molar refractivity (Wildman–Crippen MR) is 157 cm³/mol. The van der Waals surface area contributed by atoms with Crippen LogP contribution in [0.1, 0.15) is 148 Å². The van der Waals surface area contributed by atoms with Crippen LogP contribution in [0.4, 0.5) is 0 Å². The van der Waals surface area contributed by atoms with Crippen molar-refractivity contribution in [3.8, 4) is 5.75 Å². The Kier molecular flexibility index (Phi) is 14.1. The van der Waals surface area contributed by atoms with Crippen LogP contribution in [0.2, 0.25) is 0 Å². The summed E-state index contributed by atoms with van der Waals surface area (Å²) >= 11 is 0. The van der Waals surface area contributed by atoms with Crippen molar-refractivity contribution in [2.45, 2.75) is 155 Å². The summed E-state index contributed by atoms with van der Waals surface area (Å²) in [5.41, 5.74) is 0.509. The molecule has 4 nitrogen and oxygen atoms in total. The molecule has 1 fully saturated rings. The standard InChI is InChI=1S/C33H57NO3/c1-7-8-9-10-11-12-13-14-15-16-17-18-19-22-25-36-30-24-21-20-23-29(30)31(35)37-28-26-32(2,3)34(6)33(4,5)27-28/h20-21,23-24,28H,7-19,22,25-27H2,1-6H3. The second-order valence-corrected chi connectivity index (χ2v) is 12.6. The quantitative estimate of drug-likeness (QED) is 0.144. The minimum absolute atomic E-state index is 0.0173. The summed E-state index contributed by atoms with van der Waals surface area (Å²) in [5, 5.41) is 0. The third-order valence-electron chi connectivity index (χ3n) is 8.41. The molecule has 1 aliphatic rings. The fourth-order valence-electron chi connectivity index (χ4n) is 5.82. The molecule has 0 aliphatic carbocycles. The molecule has 1 aromatic carbocycles. The minimum Gasteiger partial charge on any atom is -0.493 e. The van der Waals surface area contributed by atoms with Gasteiger partial charge in [-0.15, -0.1) is 0 Å². The van der Waals surface area contributed by atoms with Gasteiger partial charge in [0.15, 0.2) is 0 Å². The Balaban J connectivity index is 1.62. The Morgan fingerprint density at radius 1 is 0.784 bits per heavy atom. The number of ether oxygens (including phenoxy) is 2. The molecule has 212 valence electrons. The number of para-hydroxylation sites is 1. The van der Waals surface area contributed by atoms with Gasteiger partial charge in [-0.3, -0.25) is 4.90 Å². The van der Waals surface area contributed by atoms with Gasteiger partial charge in [0.05, 0.1) is 6.61 Å². The van der Waals surface area contributed by atoms with E-state index in [4.69, 9.17) is 9.47 Å². The van der Waals surface area contributed by atoms with E-state index in [0.29, 0.717) is 17.9 Å². The van der Waals surface area contributed by atoms with Crippen LogP contribution in [0.25, 0.3) is 0 Å². The van der Waals surface area contributed by atoms with Crippen molar-refractivity contribution in [3.05, 3.63) is 29.8 Å². The lowest BCUT2D eigenvalue weighted by Gasteiger charge is -2.53. The molecule has 0 saturated carbocycles. The average molecular weight is 516 g/mol. The number of unbranched alkanes of at least 4 members (excludes halogenated alkanes) is 13. The predicted octanol–water partition coefficient (Wildman–Crippen LogP) is 9.35. The zero-order chi connectivity index (χ0) is 27.2.